The standard InChI is InChI=1S/C20H30N4O3S/c25-20(21-17-3-5-18(6-4-17)23-8-1-2-9-23)15-22-10-12-24(13-11-22)19-7-14-28(26,27)16-19/h3-6,19H,1-2,7-16H2,(H,21,25)/t19-/m1/s1. The minimum absolute atomic E-state index is 0.00539. The van der Waals surface area contributed by atoms with E-state index in [2.05, 4.69) is 32.1 Å². The van der Waals surface area contributed by atoms with Crippen molar-refractivity contribution in [3.63, 3.8) is 0 Å². The Balaban J connectivity index is 1.21. The van der Waals surface area contributed by atoms with E-state index in [0.29, 0.717) is 18.1 Å². The lowest BCUT2D eigenvalue weighted by Crippen LogP contribution is -2.52. The molecule has 8 heteroatoms. The number of nitrogens with one attached hydrogen (secondary N) is 1. The first kappa shape index (κ1) is 19.7. The van der Waals surface area contributed by atoms with Gasteiger partial charge in [-0.2, -0.15) is 0 Å². The van der Waals surface area contributed by atoms with Gasteiger partial charge < -0.3 is 10.2 Å². The number of carbonyl (C=O) groups is 1. The van der Waals surface area contributed by atoms with Gasteiger partial charge in [-0.15, -0.1) is 0 Å². The zero-order valence-corrected chi connectivity index (χ0v) is 17.2. The van der Waals surface area contributed by atoms with Crippen LogP contribution in [0.25, 0.3) is 0 Å². The quantitative estimate of drug-likeness (QED) is 0.788. The third-order valence-electron chi connectivity index (χ3n) is 6.12. The van der Waals surface area contributed by atoms with E-state index in [1.807, 2.05) is 12.1 Å². The highest BCUT2D eigenvalue weighted by molar-refractivity contribution is 7.91. The molecule has 0 saturated carbocycles. The summed E-state index contributed by atoms with van der Waals surface area (Å²) in [5.74, 6) is 0.614. The molecule has 0 aromatic heterocycles. The minimum Gasteiger partial charge on any atom is -0.372 e. The van der Waals surface area contributed by atoms with E-state index >= 15 is 0 Å². The van der Waals surface area contributed by atoms with E-state index in [-0.39, 0.29) is 11.9 Å². The topological polar surface area (TPSA) is 73.0 Å². The van der Waals surface area contributed by atoms with Crippen molar-refractivity contribution in [1.29, 1.82) is 0 Å². The molecule has 0 unspecified atom stereocenters. The Morgan fingerprint density at radius 1 is 1.00 bits per heavy atom. The second-order valence-electron chi connectivity index (χ2n) is 8.16. The van der Waals surface area contributed by atoms with Gasteiger partial charge in [0.05, 0.1) is 18.1 Å². The molecule has 0 spiro atoms. The third kappa shape index (κ3) is 4.85. The number of amides is 1. The molecule has 0 radical (unpaired) electrons. The average molecular weight is 407 g/mol. The fraction of sp³-hybridized carbons (Fsp3) is 0.650. The lowest BCUT2D eigenvalue weighted by atomic mass is 10.2. The van der Waals surface area contributed by atoms with Crippen LogP contribution < -0.4 is 10.2 Å². The summed E-state index contributed by atoms with van der Waals surface area (Å²) in [6.45, 7) is 5.88. The summed E-state index contributed by atoms with van der Waals surface area (Å²) < 4.78 is 23.3. The summed E-state index contributed by atoms with van der Waals surface area (Å²) in [5, 5.41) is 2.99. The fourth-order valence-electron chi connectivity index (χ4n) is 4.48. The molecule has 4 rings (SSSR count). The Kier molecular flexibility index (Phi) is 5.89. The number of hydrogen-bond donors (Lipinski definition) is 1. The van der Waals surface area contributed by atoms with Crippen LogP contribution in [0.3, 0.4) is 0 Å². The van der Waals surface area contributed by atoms with Gasteiger partial charge >= 0.3 is 0 Å². The van der Waals surface area contributed by atoms with Crippen molar-refractivity contribution in [2.75, 3.05) is 67.5 Å². The second-order valence-corrected chi connectivity index (χ2v) is 10.4. The van der Waals surface area contributed by atoms with Crippen LogP contribution in [0.15, 0.2) is 24.3 Å². The zero-order valence-electron chi connectivity index (χ0n) is 16.3. The third-order valence-corrected chi connectivity index (χ3v) is 7.87. The second kappa shape index (κ2) is 8.39. The molecule has 1 amide bonds. The zero-order chi connectivity index (χ0) is 19.6. The Morgan fingerprint density at radius 3 is 2.29 bits per heavy atom. The first-order valence-corrected chi connectivity index (χ1v) is 12.1. The molecule has 1 N–H and O–H groups in total. The van der Waals surface area contributed by atoms with Gasteiger partial charge in [0.1, 0.15) is 0 Å². The molecule has 3 saturated heterocycles. The van der Waals surface area contributed by atoms with Gasteiger partial charge in [0.2, 0.25) is 5.91 Å². The Bertz CT molecular complexity index is 782. The molecule has 1 atom stereocenters. The van der Waals surface area contributed by atoms with Crippen molar-refractivity contribution in [2.24, 2.45) is 0 Å². The van der Waals surface area contributed by atoms with Crippen LogP contribution in [-0.2, 0) is 14.6 Å². The summed E-state index contributed by atoms with van der Waals surface area (Å²) in [7, 11) is -2.84. The smallest absolute Gasteiger partial charge is 0.238 e. The maximum absolute atomic E-state index is 12.4. The molecule has 7 nitrogen and oxygen atoms in total. The number of sulfone groups is 1. The fourth-order valence-corrected chi connectivity index (χ4v) is 6.25. The SMILES string of the molecule is O=C(CN1CCN([C@@H]2CCS(=O)(=O)C2)CC1)Nc1ccc(N2CCCC2)cc1. The van der Waals surface area contributed by atoms with Gasteiger partial charge in [0, 0.05) is 56.7 Å². The van der Waals surface area contributed by atoms with Gasteiger partial charge in [0.15, 0.2) is 9.84 Å². The Morgan fingerprint density at radius 2 is 1.68 bits per heavy atom. The van der Waals surface area contributed by atoms with Crippen molar-refractivity contribution in [2.45, 2.75) is 25.3 Å². The normalized spacial score (nSPS) is 25.9. The molecule has 0 bridgehead atoms. The van der Waals surface area contributed by atoms with Crippen LogP contribution in [0.2, 0.25) is 0 Å². The summed E-state index contributed by atoms with van der Waals surface area (Å²) in [5.41, 5.74) is 2.06. The van der Waals surface area contributed by atoms with Crippen molar-refractivity contribution >= 4 is 27.1 Å². The molecule has 154 valence electrons. The van der Waals surface area contributed by atoms with E-state index in [1.54, 1.807) is 0 Å². The van der Waals surface area contributed by atoms with Crippen LogP contribution in [0, 0.1) is 0 Å². The van der Waals surface area contributed by atoms with E-state index in [4.69, 9.17) is 0 Å². The van der Waals surface area contributed by atoms with E-state index in [1.165, 1.54) is 18.5 Å². The maximum Gasteiger partial charge on any atom is 0.238 e. The lowest BCUT2D eigenvalue weighted by molar-refractivity contribution is -0.117. The number of benzene rings is 1. The molecule has 3 heterocycles. The highest BCUT2D eigenvalue weighted by Gasteiger charge is 2.33. The molecular weight excluding hydrogens is 376 g/mol. The first-order valence-electron chi connectivity index (χ1n) is 10.3. The maximum atomic E-state index is 12.4. The van der Waals surface area contributed by atoms with E-state index < -0.39 is 9.84 Å². The Labute approximate surface area is 167 Å². The van der Waals surface area contributed by atoms with E-state index in [9.17, 15) is 13.2 Å². The molecule has 0 aliphatic carbocycles. The van der Waals surface area contributed by atoms with Crippen LogP contribution >= 0.6 is 0 Å². The van der Waals surface area contributed by atoms with Crippen LogP contribution in [0.4, 0.5) is 11.4 Å². The molecule has 3 aliphatic rings. The van der Waals surface area contributed by atoms with Gasteiger partial charge in [0.25, 0.3) is 0 Å². The molecule has 1 aromatic rings. The van der Waals surface area contributed by atoms with E-state index in [0.717, 1.165) is 51.4 Å². The largest absolute Gasteiger partial charge is 0.372 e. The molecule has 3 aliphatic heterocycles. The summed E-state index contributed by atoms with van der Waals surface area (Å²) >= 11 is 0. The number of anilines is 2. The average Bonchev–Trinajstić information content (AvgIpc) is 3.33. The molecule has 28 heavy (non-hydrogen) atoms. The van der Waals surface area contributed by atoms with Gasteiger partial charge in [-0.25, -0.2) is 8.42 Å². The van der Waals surface area contributed by atoms with Gasteiger partial charge in [-0.05, 0) is 43.5 Å². The highest BCUT2D eigenvalue weighted by Crippen LogP contribution is 2.22. The number of rotatable bonds is 5. The van der Waals surface area contributed by atoms with Crippen LogP contribution in [-0.4, -0.2) is 87.5 Å². The summed E-state index contributed by atoms with van der Waals surface area (Å²) in [4.78, 5) is 19.2. The van der Waals surface area contributed by atoms with Crippen LogP contribution in [0.1, 0.15) is 19.3 Å². The Hall–Kier alpha value is -1.64. The number of piperazine rings is 1. The summed E-state index contributed by atoms with van der Waals surface area (Å²) in [6.07, 6.45) is 3.25. The van der Waals surface area contributed by atoms with Crippen molar-refractivity contribution in [1.82, 2.24) is 9.80 Å². The van der Waals surface area contributed by atoms with Crippen molar-refractivity contribution in [3.05, 3.63) is 24.3 Å². The molecule has 1 aromatic carbocycles. The van der Waals surface area contributed by atoms with Gasteiger partial charge in [-0.1, -0.05) is 0 Å². The van der Waals surface area contributed by atoms with Crippen molar-refractivity contribution in [3.8, 4) is 0 Å². The molecule has 3 fully saturated rings. The van der Waals surface area contributed by atoms with Crippen LogP contribution in [0.5, 0.6) is 0 Å². The first-order chi connectivity index (χ1) is 13.5. The number of nitrogens with zero attached hydrogens (tertiary/aromatic N) is 3. The predicted molar refractivity (Wildman–Crippen MR) is 112 cm³/mol. The lowest BCUT2D eigenvalue weighted by Gasteiger charge is -2.37. The number of carbonyl (C=O) groups excluding carboxylic acids is 1. The summed E-state index contributed by atoms with van der Waals surface area (Å²) in [6, 6.07) is 8.27. The minimum atomic E-state index is -2.84. The monoisotopic (exact) mass is 406 g/mol. The number of hydrogen-bond acceptors (Lipinski definition) is 6. The highest BCUT2D eigenvalue weighted by atomic mass is 32.2. The van der Waals surface area contributed by atoms with Crippen molar-refractivity contribution < 1.29 is 13.2 Å². The molecular formula is C20H30N4O3S. The predicted octanol–water partition coefficient (Wildman–Crippen LogP) is 1.03. The van der Waals surface area contributed by atoms with Gasteiger partial charge in [-0.3, -0.25) is 14.6 Å².